The van der Waals surface area contributed by atoms with E-state index in [-0.39, 0.29) is 5.69 Å². The Kier molecular flexibility index (Phi) is 4.48. The lowest BCUT2D eigenvalue weighted by Gasteiger charge is -2.37. The number of H-pyrrole nitrogens is 1. The largest absolute Gasteiger partial charge is 0.497 e. The molecule has 1 N–H and O–H groups in total. The minimum atomic E-state index is -0.230. The summed E-state index contributed by atoms with van der Waals surface area (Å²) >= 11 is 1.76. The second-order valence-electron chi connectivity index (χ2n) is 7.01. The summed E-state index contributed by atoms with van der Waals surface area (Å²) in [6.45, 7) is 3.86. The van der Waals surface area contributed by atoms with Crippen molar-refractivity contribution in [3.05, 3.63) is 64.7 Å². The van der Waals surface area contributed by atoms with Gasteiger partial charge in [0, 0.05) is 47.3 Å². The number of hydrogen-bond donors (Lipinski definition) is 1. The van der Waals surface area contributed by atoms with Crippen LogP contribution in [0, 0.1) is 0 Å². The lowest BCUT2D eigenvalue weighted by Crippen LogP contribution is -2.46. The van der Waals surface area contributed by atoms with Crippen LogP contribution in [0.1, 0.15) is 0 Å². The minimum absolute atomic E-state index is 0.230. The van der Waals surface area contributed by atoms with Gasteiger partial charge in [-0.1, -0.05) is 0 Å². The van der Waals surface area contributed by atoms with Crippen LogP contribution in [0.15, 0.2) is 59.0 Å². The van der Waals surface area contributed by atoms with Crippen LogP contribution in [0.25, 0.3) is 15.8 Å². The Morgan fingerprint density at radius 3 is 2.41 bits per heavy atom. The summed E-state index contributed by atoms with van der Waals surface area (Å²) in [4.78, 5) is 16.6. The summed E-state index contributed by atoms with van der Waals surface area (Å²) in [6.07, 6.45) is 1.50. The number of piperazine rings is 1. The molecule has 0 bridgehead atoms. The van der Waals surface area contributed by atoms with Crippen LogP contribution in [-0.4, -0.2) is 48.1 Å². The normalized spacial score (nSPS) is 14.5. The van der Waals surface area contributed by atoms with E-state index in [1.165, 1.54) is 32.4 Å². The Morgan fingerprint density at radius 1 is 1.00 bits per heavy atom. The molecule has 7 nitrogen and oxygen atoms in total. The third-order valence-corrected chi connectivity index (χ3v) is 6.36. The maximum absolute atomic E-state index is 11.7. The number of nitrogens with zero attached hydrogens (tertiary/aromatic N) is 4. The van der Waals surface area contributed by atoms with Gasteiger partial charge in [0.25, 0.3) is 0 Å². The molecule has 8 heteroatoms. The van der Waals surface area contributed by atoms with Gasteiger partial charge in [0.05, 0.1) is 18.5 Å². The molecule has 1 aliphatic rings. The van der Waals surface area contributed by atoms with Crippen molar-refractivity contribution in [2.75, 3.05) is 43.1 Å². The quantitative estimate of drug-likeness (QED) is 0.563. The molecule has 1 saturated heterocycles. The Bertz CT molecular complexity index is 1190. The van der Waals surface area contributed by atoms with Gasteiger partial charge >= 0.3 is 5.69 Å². The van der Waals surface area contributed by atoms with Gasteiger partial charge in [-0.05, 0) is 42.5 Å². The molecule has 148 valence electrons. The van der Waals surface area contributed by atoms with Crippen molar-refractivity contribution < 1.29 is 4.74 Å². The van der Waals surface area contributed by atoms with Crippen LogP contribution < -0.4 is 20.2 Å². The molecule has 0 aliphatic carbocycles. The fourth-order valence-corrected chi connectivity index (χ4v) is 4.83. The molecule has 1 fully saturated rings. The zero-order valence-corrected chi connectivity index (χ0v) is 16.9. The maximum Gasteiger partial charge on any atom is 0.347 e. The van der Waals surface area contributed by atoms with Crippen LogP contribution in [0.4, 0.5) is 11.4 Å². The summed E-state index contributed by atoms with van der Waals surface area (Å²) in [5.74, 6) is 0.900. The summed E-state index contributed by atoms with van der Waals surface area (Å²) in [5.41, 5.74) is 3.06. The molecule has 4 aromatic rings. The molecule has 0 atom stereocenters. The van der Waals surface area contributed by atoms with E-state index < -0.39 is 0 Å². The molecule has 0 radical (unpaired) electrons. The smallest absolute Gasteiger partial charge is 0.347 e. The first kappa shape index (κ1) is 17.8. The molecule has 0 spiro atoms. The lowest BCUT2D eigenvalue weighted by molar-refractivity contribution is 0.415. The minimum Gasteiger partial charge on any atom is -0.497 e. The topological polar surface area (TPSA) is 66.4 Å². The molecule has 29 heavy (non-hydrogen) atoms. The molecule has 0 saturated carbocycles. The van der Waals surface area contributed by atoms with E-state index in [1.54, 1.807) is 18.4 Å². The molecule has 3 heterocycles. The van der Waals surface area contributed by atoms with Crippen LogP contribution >= 0.6 is 11.3 Å². The summed E-state index contributed by atoms with van der Waals surface area (Å²) in [7, 11) is 1.70. The fourth-order valence-electron chi connectivity index (χ4n) is 3.83. The van der Waals surface area contributed by atoms with E-state index in [2.05, 4.69) is 49.6 Å². The number of hydrogen-bond acceptors (Lipinski definition) is 6. The van der Waals surface area contributed by atoms with Gasteiger partial charge in [0.1, 0.15) is 12.1 Å². The monoisotopic (exact) mass is 407 g/mol. The highest BCUT2D eigenvalue weighted by Crippen LogP contribution is 2.36. The number of aromatic amines is 1. The molecule has 2 aromatic heterocycles. The maximum atomic E-state index is 11.7. The van der Waals surface area contributed by atoms with Crippen LogP contribution in [-0.2, 0) is 0 Å². The van der Waals surface area contributed by atoms with Gasteiger partial charge in [0.2, 0.25) is 0 Å². The SMILES string of the molecule is COc1ccc2c(N3CCN(c4ccc(-n5cn[nH]c5=O)cc4)CC3)csc2c1. The van der Waals surface area contributed by atoms with Crippen molar-refractivity contribution in [1.82, 2.24) is 14.8 Å². The lowest BCUT2D eigenvalue weighted by atomic mass is 10.2. The van der Waals surface area contributed by atoms with Gasteiger partial charge in [0.15, 0.2) is 0 Å². The zero-order valence-electron chi connectivity index (χ0n) is 16.0. The third-order valence-electron chi connectivity index (χ3n) is 5.43. The van der Waals surface area contributed by atoms with E-state index in [9.17, 15) is 4.79 Å². The van der Waals surface area contributed by atoms with E-state index in [0.29, 0.717) is 0 Å². The number of rotatable bonds is 4. The third kappa shape index (κ3) is 3.25. The molecule has 0 unspecified atom stereocenters. The number of benzene rings is 2. The Balaban J connectivity index is 1.29. The van der Waals surface area contributed by atoms with E-state index in [4.69, 9.17) is 4.74 Å². The first-order chi connectivity index (χ1) is 14.2. The highest BCUT2D eigenvalue weighted by atomic mass is 32.1. The van der Waals surface area contributed by atoms with Gasteiger partial charge < -0.3 is 14.5 Å². The molecular formula is C21H21N5O2S. The van der Waals surface area contributed by atoms with E-state index in [1.807, 2.05) is 18.2 Å². The van der Waals surface area contributed by atoms with Crippen LogP contribution in [0.2, 0.25) is 0 Å². The van der Waals surface area contributed by atoms with Crippen LogP contribution in [0.3, 0.4) is 0 Å². The van der Waals surface area contributed by atoms with Gasteiger partial charge in [-0.2, -0.15) is 5.10 Å². The molecule has 1 aliphatic heterocycles. The van der Waals surface area contributed by atoms with Crippen molar-refractivity contribution >= 4 is 32.8 Å². The molecular weight excluding hydrogens is 386 g/mol. The molecule has 5 rings (SSSR count). The fraction of sp³-hybridized carbons (Fsp3) is 0.238. The van der Waals surface area contributed by atoms with Crippen molar-refractivity contribution in [1.29, 1.82) is 0 Å². The number of methoxy groups -OCH3 is 1. The average molecular weight is 407 g/mol. The Morgan fingerprint density at radius 2 is 1.72 bits per heavy atom. The Hall–Kier alpha value is -3.26. The first-order valence-electron chi connectivity index (χ1n) is 9.50. The predicted octanol–water partition coefficient (Wildman–Crippen LogP) is 3.11. The van der Waals surface area contributed by atoms with E-state index in [0.717, 1.165) is 37.6 Å². The first-order valence-corrected chi connectivity index (χ1v) is 10.4. The van der Waals surface area contributed by atoms with E-state index >= 15 is 0 Å². The molecule has 0 amide bonds. The summed E-state index contributed by atoms with van der Waals surface area (Å²) < 4.78 is 8.10. The van der Waals surface area contributed by atoms with Crippen molar-refractivity contribution in [2.45, 2.75) is 0 Å². The number of aromatic nitrogens is 3. The summed E-state index contributed by atoms with van der Waals surface area (Å²) in [5, 5.41) is 9.73. The second-order valence-corrected chi connectivity index (χ2v) is 7.92. The number of ether oxygens (including phenoxy) is 1. The average Bonchev–Trinajstić information content (AvgIpc) is 3.39. The molecule has 2 aromatic carbocycles. The predicted molar refractivity (Wildman–Crippen MR) is 117 cm³/mol. The zero-order chi connectivity index (χ0) is 19.8. The summed E-state index contributed by atoms with van der Waals surface area (Å²) in [6, 6.07) is 14.3. The second kappa shape index (κ2) is 7.29. The number of thiophene rings is 1. The van der Waals surface area contributed by atoms with Crippen molar-refractivity contribution in [3.63, 3.8) is 0 Å². The highest BCUT2D eigenvalue weighted by Gasteiger charge is 2.20. The number of anilines is 2. The van der Waals surface area contributed by atoms with Crippen molar-refractivity contribution in [2.24, 2.45) is 0 Å². The van der Waals surface area contributed by atoms with Gasteiger partial charge in [-0.25, -0.2) is 14.5 Å². The standard InChI is InChI=1S/C21H21N5O2S/c1-28-17-6-7-18-19(13-29-20(18)12-17)25-10-8-24(9-11-25)15-2-4-16(5-3-15)26-14-22-23-21(26)27/h2-7,12-14H,8-11H2,1H3,(H,23,27). The Labute approximate surface area is 171 Å². The number of nitrogens with one attached hydrogen (secondary N) is 1. The van der Waals surface area contributed by atoms with Gasteiger partial charge in [-0.15, -0.1) is 11.3 Å². The van der Waals surface area contributed by atoms with Crippen LogP contribution in [0.5, 0.6) is 5.75 Å². The number of fused-ring (bicyclic) bond motifs is 1. The van der Waals surface area contributed by atoms with Gasteiger partial charge in [-0.3, -0.25) is 0 Å². The van der Waals surface area contributed by atoms with Crippen molar-refractivity contribution in [3.8, 4) is 11.4 Å². The highest BCUT2D eigenvalue weighted by molar-refractivity contribution is 7.17.